The van der Waals surface area contributed by atoms with E-state index in [1.54, 1.807) is 19.1 Å². The molecule has 7 heteroatoms. The number of thioether (sulfide) groups is 1. The molecule has 1 amide bonds. The Morgan fingerprint density at radius 3 is 2.58 bits per heavy atom. The fraction of sp³-hybridized carbons (Fsp3) is 0.158. The number of hydrogen-bond acceptors (Lipinski definition) is 5. The molecule has 0 bridgehead atoms. The topological polar surface area (TPSA) is 85.1 Å². The van der Waals surface area contributed by atoms with Gasteiger partial charge < -0.3 is 5.32 Å². The highest BCUT2D eigenvalue weighted by Crippen LogP contribution is 2.27. The summed E-state index contributed by atoms with van der Waals surface area (Å²) in [5, 5.41) is 14.2. The fourth-order valence-electron chi connectivity index (χ4n) is 2.48. The first-order valence-corrected chi connectivity index (χ1v) is 8.90. The van der Waals surface area contributed by atoms with Crippen molar-refractivity contribution in [1.29, 1.82) is 0 Å². The van der Waals surface area contributed by atoms with E-state index in [0.717, 1.165) is 21.5 Å². The Bertz CT molecular complexity index is 973. The van der Waals surface area contributed by atoms with Crippen molar-refractivity contribution in [3.8, 4) is 0 Å². The molecule has 0 radical (unpaired) electrons. The van der Waals surface area contributed by atoms with Crippen LogP contribution in [0.5, 0.6) is 0 Å². The van der Waals surface area contributed by atoms with Crippen LogP contribution in [0.2, 0.25) is 0 Å². The average molecular weight is 367 g/mol. The van der Waals surface area contributed by atoms with Crippen molar-refractivity contribution in [3.63, 3.8) is 0 Å². The van der Waals surface area contributed by atoms with Crippen LogP contribution in [0.1, 0.15) is 12.6 Å². The Labute approximate surface area is 154 Å². The van der Waals surface area contributed by atoms with Crippen molar-refractivity contribution >= 4 is 39.9 Å². The van der Waals surface area contributed by atoms with Crippen LogP contribution < -0.4 is 5.32 Å². The number of carbonyl (C=O) groups excluding carboxylic acids is 1. The maximum atomic E-state index is 12.6. The van der Waals surface area contributed by atoms with Crippen molar-refractivity contribution in [1.82, 2.24) is 4.98 Å². The summed E-state index contributed by atoms with van der Waals surface area (Å²) in [5.41, 5.74) is 2.34. The minimum absolute atomic E-state index is 0.0312. The van der Waals surface area contributed by atoms with Crippen LogP contribution in [-0.2, 0) is 4.79 Å². The molecule has 3 rings (SSSR count). The molecular formula is C19H17N3O3S. The highest BCUT2D eigenvalue weighted by atomic mass is 32.2. The molecule has 6 nitrogen and oxygen atoms in total. The van der Waals surface area contributed by atoms with E-state index in [1.165, 1.54) is 23.9 Å². The van der Waals surface area contributed by atoms with Gasteiger partial charge in [-0.05, 0) is 38.1 Å². The van der Waals surface area contributed by atoms with Crippen LogP contribution >= 0.6 is 11.8 Å². The van der Waals surface area contributed by atoms with Crippen LogP contribution in [0.25, 0.3) is 10.9 Å². The van der Waals surface area contributed by atoms with Gasteiger partial charge in [0.2, 0.25) is 5.91 Å². The number of nitrogens with zero attached hydrogens (tertiary/aromatic N) is 2. The van der Waals surface area contributed by atoms with Crippen molar-refractivity contribution in [2.75, 3.05) is 5.32 Å². The van der Waals surface area contributed by atoms with Crippen molar-refractivity contribution in [2.24, 2.45) is 0 Å². The zero-order chi connectivity index (χ0) is 18.7. The molecule has 132 valence electrons. The first-order chi connectivity index (χ1) is 12.4. The number of para-hydroxylation sites is 1. The Morgan fingerprint density at radius 2 is 1.88 bits per heavy atom. The van der Waals surface area contributed by atoms with Gasteiger partial charge >= 0.3 is 0 Å². The monoisotopic (exact) mass is 367 g/mol. The Balaban J connectivity index is 1.73. The Hall–Kier alpha value is -2.93. The first-order valence-electron chi connectivity index (χ1n) is 8.02. The molecule has 0 fully saturated rings. The molecule has 1 aromatic heterocycles. The smallest absolute Gasteiger partial charge is 0.269 e. The van der Waals surface area contributed by atoms with E-state index in [9.17, 15) is 14.9 Å². The molecule has 3 aromatic rings. The first kappa shape index (κ1) is 17.9. The summed E-state index contributed by atoms with van der Waals surface area (Å²) in [5.74, 6) is -0.149. The zero-order valence-electron chi connectivity index (χ0n) is 14.3. The fourth-order valence-corrected chi connectivity index (χ4v) is 3.35. The number of carbonyl (C=O) groups is 1. The summed E-state index contributed by atoms with van der Waals surface area (Å²) in [4.78, 5) is 28.1. The maximum absolute atomic E-state index is 12.6. The second-order valence-corrected chi connectivity index (χ2v) is 7.24. The van der Waals surface area contributed by atoms with Crippen LogP contribution in [0.4, 0.5) is 11.4 Å². The van der Waals surface area contributed by atoms with Gasteiger partial charge in [0.25, 0.3) is 5.69 Å². The number of fused-ring (bicyclic) bond motifs is 1. The van der Waals surface area contributed by atoms with Gasteiger partial charge in [-0.1, -0.05) is 18.2 Å². The lowest BCUT2D eigenvalue weighted by atomic mass is 10.1. The Morgan fingerprint density at radius 1 is 1.15 bits per heavy atom. The largest absolute Gasteiger partial charge is 0.323 e. The van der Waals surface area contributed by atoms with Gasteiger partial charge in [0.15, 0.2) is 0 Å². The minimum atomic E-state index is -0.444. The SMILES string of the molecule is Cc1ccc2cccc(NC(=O)C(C)Sc3ccc([N+](=O)[O-])cc3)c2n1. The second-order valence-electron chi connectivity index (χ2n) is 5.83. The summed E-state index contributed by atoms with van der Waals surface area (Å²) in [6, 6.07) is 15.7. The molecule has 0 aliphatic heterocycles. The number of nitrogens with one attached hydrogen (secondary N) is 1. The van der Waals surface area contributed by atoms with Crippen molar-refractivity contribution < 1.29 is 9.72 Å². The maximum Gasteiger partial charge on any atom is 0.269 e. The molecule has 1 atom stereocenters. The summed E-state index contributed by atoms with van der Waals surface area (Å²) < 4.78 is 0. The lowest BCUT2D eigenvalue weighted by Crippen LogP contribution is -2.22. The predicted molar refractivity (Wildman–Crippen MR) is 104 cm³/mol. The number of aryl methyl sites for hydroxylation is 1. The average Bonchev–Trinajstić information content (AvgIpc) is 2.62. The number of rotatable bonds is 5. The molecule has 1 N–H and O–H groups in total. The minimum Gasteiger partial charge on any atom is -0.323 e. The number of anilines is 1. The number of non-ortho nitro benzene ring substituents is 1. The van der Waals surface area contributed by atoms with Crippen LogP contribution in [-0.4, -0.2) is 21.1 Å². The molecular weight excluding hydrogens is 350 g/mol. The lowest BCUT2D eigenvalue weighted by Gasteiger charge is -2.13. The summed E-state index contributed by atoms with van der Waals surface area (Å²) in [7, 11) is 0. The number of hydrogen-bond donors (Lipinski definition) is 1. The van der Waals surface area contributed by atoms with Crippen molar-refractivity contribution in [3.05, 3.63) is 70.4 Å². The molecule has 2 aromatic carbocycles. The summed E-state index contributed by atoms with van der Waals surface area (Å²) >= 11 is 1.34. The number of amides is 1. The predicted octanol–water partition coefficient (Wildman–Crippen LogP) is 4.57. The molecule has 1 heterocycles. The van der Waals surface area contributed by atoms with Gasteiger partial charge in [-0.2, -0.15) is 0 Å². The van der Waals surface area contributed by atoms with E-state index in [-0.39, 0.29) is 16.8 Å². The highest BCUT2D eigenvalue weighted by Gasteiger charge is 2.16. The molecule has 0 saturated heterocycles. The third-order valence-corrected chi connectivity index (χ3v) is 4.96. The number of aromatic nitrogens is 1. The third kappa shape index (κ3) is 4.00. The van der Waals surface area contributed by atoms with E-state index in [2.05, 4.69) is 10.3 Å². The van der Waals surface area contributed by atoms with Crippen LogP contribution in [0.3, 0.4) is 0 Å². The van der Waals surface area contributed by atoms with E-state index in [1.807, 2.05) is 37.3 Å². The third-order valence-electron chi connectivity index (χ3n) is 3.85. The number of benzene rings is 2. The molecule has 0 saturated carbocycles. The summed E-state index contributed by atoms with van der Waals surface area (Å²) in [6.07, 6.45) is 0. The zero-order valence-corrected chi connectivity index (χ0v) is 15.1. The summed E-state index contributed by atoms with van der Waals surface area (Å²) in [6.45, 7) is 3.70. The number of pyridine rings is 1. The molecule has 0 spiro atoms. The van der Waals surface area contributed by atoms with Gasteiger partial charge in [-0.25, -0.2) is 0 Å². The van der Waals surface area contributed by atoms with E-state index in [4.69, 9.17) is 0 Å². The lowest BCUT2D eigenvalue weighted by molar-refractivity contribution is -0.384. The molecule has 0 aliphatic rings. The second kappa shape index (κ2) is 7.53. The quantitative estimate of drug-likeness (QED) is 0.405. The van der Waals surface area contributed by atoms with Gasteiger partial charge in [0.1, 0.15) is 0 Å². The van der Waals surface area contributed by atoms with Crippen molar-refractivity contribution in [2.45, 2.75) is 24.0 Å². The van der Waals surface area contributed by atoms with E-state index < -0.39 is 4.92 Å². The van der Waals surface area contributed by atoms with Gasteiger partial charge in [0, 0.05) is 28.1 Å². The standard InChI is InChI=1S/C19H17N3O3S/c1-12-6-7-14-4-3-5-17(18(14)20-12)21-19(23)13(2)26-16-10-8-15(9-11-16)22(24)25/h3-11,13H,1-2H3,(H,21,23). The van der Waals surface area contributed by atoms with Gasteiger partial charge in [-0.3, -0.25) is 19.9 Å². The van der Waals surface area contributed by atoms with Gasteiger partial charge in [0.05, 0.1) is 21.4 Å². The highest BCUT2D eigenvalue weighted by molar-refractivity contribution is 8.00. The molecule has 1 unspecified atom stereocenters. The number of nitro benzene ring substituents is 1. The van der Waals surface area contributed by atoms with Crippen LogP contribution in [0.15, 0.2) is 59.5 Å². The number of nitro groups is 1. The Kier molecular flexibility index (Phi) is 5.18. The molecule has 26 heavy (non-hydrogen) atoms. The normalized spacial score (nSPS) is 11.9. The molecule has 0 aliphatic carbocycles. The van der Waals surface area contributed by atoms with Gasteiger partial charge in [-0.15, -0.1) is 11.8 Å². The van der Waals surface area contributed by atoms with E-state index in [0.29, 0.717) is 5.69 Å². The van der Waals surface area contributed by atoms with E-state index >= 15 is 0 Å². The van der Waals surface area contributed by atoms with Crippen LogP contribution in [0, 0.1) is 17.0 Å².